The number of hydrogen-bond donors (Lipinski definition) is 2. The van der Waals surface area contributed by atoms with E-state index in [0.717, 1.165) is 0 Å². The van der Waals surface area contributed by atoms with Crippen molar-refractivity contribution in [3.63, 3.8) is 0 Å². The Hall–Kier alpha value is -1.61. The number of amides is 1. The molecule has 0 radical (unpaired) electrons. The second-order valence-corrected chi connectivity index (χ2v) is 5.30. The van der Waals surface area contributed by atoms with E-state index >= 15 is 0 Å². The van der Waals surface area contributed by atoms with Crippen molar-refractivity contribution >= 4 is 22.2 Å². The molecule has 0 fully saturated rings. The normalized spacial score (nSPS) is 12.4. The topological polar surface area (TPSA) is 119 Å². The SMILES string of the molecule is C=C(C)C(=O)OC(C)OC(=O)NCCCS(=O)(=O)O. The third kappa shape index (κ3) is 10.0. The van der Waals surface area contributed by atoms with Crippen LogP contribution < -0.4 is 5.32 Å². The van der Waals surface area contributed by atoms with Crippen LogP contribution in [-0.4, -0.2) is 43.6 Å². The van der Waals surface area contributed by atoms with E-state index in [2.05, 4.69) is 21.4 Å². The average Bonchev–Trinajstić information content (AvgIpc) is 2.22. The van der Waals surface area contributed by atoms with Crippen molar-refractivity contribution in [3.8, 4) is 0 Å². The van der Waals surface area contributed by atoms with Gasteiger partial charge in [-0.3, -0.25) is 4.55 Å². The molecule has 9 heteroatoms. The van der Waals surface area contributed by atoms with Gasteiger partial charge in [-0.25, -0.2) is 9.59 Å². The maximum atomic E-state index is 11.2. The Morgan fingerprint density at radius 2 is 1.95 bits per heavy atom. The Kier molecular flexibility index (Phi) is 7.09. The van der Waals surface area contributed by atoms with E-state index in [1.807, 2.05) is 0 Å². The fraction of sp³-hybridized carbons (Fsp3) is 0.600. The molecule has 0 heterocycles. The van der Waals surface area contributed by atoms with Crippen LogP contribution in [0.25, 0.3) is 0 Å². The van der Waals surface area contributed by atoms with Gasteiger partial charge >= 0.3 is 12.1 Å². The van der Waals surface area contributed by atoms with Crippen molar-refractivity contribution in [2.45, 2.75) is 26.6 Å². The summed E-state index contributed by atoms with van der Waals surface area (Å²) in [6.45, 7) is 6.15. The molecule has 19 heavy (non-hydrogen) atoms. The molecule has 1 unspecified atom stereocenters. The number of hydrogen-bond acceptors (Lipinski definition) is 6. The zero-order valence-corrected chi connectivity index (χ0v) is 11.5. The van der Waals surface area contributed by atoms with E-state index in [1.165, 1.54) is 13.8 Å². The molecule has 0 bridgehead atoms. The number of alkyl carbamates (subject to hydrolysis) is 1. The van der Waals surface area contributed by atoms with E-state index in [9.17, 15) is 18.0 Å². The summed E-state index contributed by atoms with van der Waals surface area (Å²) in [5, 5.41) is 2.24. The molecule has 0 spiro atoms. The van der Waals surface area contributed by atoms with Gasteiger partial charge in [0.1, 0.15) is 0 Å². The smallest absolute Gasteiger partial charge is 0.410 e. The minimum Gasteiger partial charge on any atom is -0.422 e. The molecule has 0 saturated heterocycles. The van der Waals surface area contributed by atoms with Crippen molar-refractivity contribution < 1.29 is 32.0 Å². The first-order chi connectivity index (χ1) is 8.61. The molecule has 0 rings (SSSR count). The van der Waals surface area contributed by atoms with E-state index in [-0.39, 0.29) is 18.5 Å². The summed E-state index contributed by atoms with van der Waals surface area (Å²) in [4.78, 5) is 22.2. The van der Waals surface area contributed by atoms with E-state index in [1.54, 1.807) is 0 Å². The van der Waals surface area contributed by atoms with Crippen LogP contribution >= 0.6 is 0 Å². The number of ether oxygens (including phenoxy) is 2. The number of esters is 1. The van der Waals surface area contributed by atoms with Crippen LogP contribution in [0.15, 0.2) is 12.2 Å². The predicted octanol–water partition coefficient (Wildman–Crippen LogP) is 0.456. The lowest BCUT2D eigenvalue weighted by molar-refractivity contribution is -0.159. The van der Waals surface area contributed by atoms with Crippen molar-refractivity contribution in [1.82, 2.24) is 5.32 Å². The highest BCUT2D eigenvalue weighted by Gasteiger charge is 2.14. The van der Waals surface area contributed by atoms with E-state index < -0.39 is 34.2 Å². The van der Waals surface area contributed by atoms with Crippen LogP contribution in [-0.2, 0) is 24.4 Å². The quantitative estimate of drug-likeness (QED) is 0.230. The van der Waals surface area contributed by atoms with Crippen LogP contribution in [0, 0.1) is 0 Å². The molecule has 110 valence electrons. The second-order valence-electron chi connectivity index (χ2n) is 3.72. The number of carbonyl (C=O) groups excluding carboxylic acids is 2. The molecule has 0 saturated carbocycles. The Balaban J connectivity index is 3.86. The van der Waals surface area contributed by atoms with Crippen LogP contribution in [0.3, 0.4) is 0 Å². The minimum atomic E-state index is -4.04. The van der Waals surface area contributed by atoms with Crippen LogP contribution in [0.1, 0.15) is 20.3 Å². The van der Waals surface area contributed by atoms with Gasteiger partial charge in [0.2, 0.25) is 6.29 Å². The van der Waals surface area contributed by atoms with Gasteiger partial charge in [-0.05, 0) is 13.3 Å². The largest absolute Gasteiger partial charge is 0.422 e. The third-order valence-electron chi connectivity index (χ3n) is 1.74. The van der Waals surface area contributed by atoms with Crippen molar-refractivity contribution in [1.29, 1.82) is 0 Å². The highest BCUT2D eigenvalue weighted by atomic mass is 32.2. The zero-order chi connectivity index (χ0) is 15.1. The van der Waals surface area contributed by atoms with Gasteiger partial charge in [0.15, 0.2) is 0 Å². The minimum absolute atomic E-state index is 0.000222. The molecule has 2 N–H and O–H groups in total. The van der Waals surface area contributed by atoms with Gasteiger partial charge in [0.05, 0.1) is 5.75 Å². The summed E-state index contributed by atoms with van der Waals surface area (Å²) in [5.41, 5.74) is 0.170. The first kappa shape index (κ1) is 17.4. The molecule has 0 aromatic heterocycles. The number of nitrogens with one attached hydrogen (secondary N) is 1. The highest BCUT2D eigenvalue weighted by molar-refractivity contribution is 7.85. The molecule has 0 aliphatic carbocycles. The molecule has 0 aliphatic heterocycles. The van der Waals surface area contributed by atoms with E-state index in [4.69, 9.17) is 4.55 Å². The van der Waals surface area contributed by atoms with Crippen molar-refractivity contribution in [2.24, 2.45) is 0 Å². The Morgan fingerprint density at radius 1 is 1.37 bits per heavy atom. The average molecular weight is 295 g/mol. The van der Waals surface area contributed by atoms with Crippen molar-refractivity contribution in [2.75, 3.05) is 12.3 Å². The second kappa shape index (κ2) is 7.74. The van der Waals surface area contributed by atoms with Gasteiger partial charge in [0, 0.05) is 19.0 Å². The standard InChI is InChI=1S/C10H17NO7S/c1-7(2)9(12)17-8(3)18-10(13)11-5-4-6-19(14,15)16/h8H,1,4-6H2,2-3H3,(H,11,13)(H,14,15,16). The lowest BCUT2D eigenvalue weighted by Crippen LogP contribution is -2.31. The molecule has 0 aliphatic rings. The van der Waals surface area contributed by atoms with Gasteiger partial charge in [-0.15, -0.1) is 0 Å². The summed E-state index contributed by atoms with van der Waals surface area (Å²) in [5.74, 6) is -1.15. The fourth-order valence-corrected chi connectivity index (χ4v) is 1.42. The number of rotatable bonds is 7. The fourth-order valence-electron chi connectivity index (χ4n) is 0.913. The summed E-state index contributed by atoms with van der Waals surface area (Å²) < 4.78 is 38.6. The molecule has 1 amide bonds. The van der Waals surface area contributed by atoms with Gasteiger partial charge in [0.25, 0.3) is 10.1 Å². The molecule has 0 aromatic carbocycles. The first-order valence-corrected chi connectivity index (χ1v) is 6.99. The van der Waals surface area contributed by atoms with Gasteiger partial charge in [-0.2, -0.15) is 8.42 Å². The third-order valence-corrected chi connectivity index (χ3v) is 2.55. The molecule has 1 atom stereocenters. The Morgan fingerprint density at radius 3 is 2.42 bits per heavy atom. The maximum absolute atomic E-state index is 11.2. The predicted molar refractivity (Wildman–Crippen MR) is 65.9 cm³/mol. The van der Waals surface area contributed by atoms with E-state index in [0.29, 0.717) is 0 Å². The summed E-state index contributed by atoms with van der Waals surface area (Å²) >= 11 is 0. The summed E-state index contributed by atoms with van der Waals surface area (Å²) in [6, 6.07) is 0. The first-order valence-electron chi connectivity index (χ1n) is 5.38. The van der Waals surface area contributed by atoms with Gasteiger partial charge in [-0.1, -0.05) is 6.58 Å². The Bertz CT molecular complexity index is 443. The monoisotopic (exact) mass is 295 g/mol. The van der Waals surface area contributed by atoms with Crippen LogP contribution in [0.4, 0.5) is 4.79 Å². The molecular weight excluding hydrogens is 278 g/mol. The number of carbonyl (C=O) groups is 2. The van der Waals surface area contributed by atoms with Gasteiger partial charge < -0.3 is 14.8 Å². The molecule has 0 aromatic rings. The van der Waals surface area contributed by atoms with Crippen LogP contribution in [0.5, 0.6) is 0 Å². The Labute approximate surface area is 111 Å². The molecular formula is C10H17NO7S. The summed E-state index contributed by atoms with van der Waals surface area (Å²) in [6.07, 6.45) is -1.92. The molecule has 8 nitrogen and oxygen atoms in total. The summed E-state index contributed by atoms with van der Waals surface area (Å²) in [7, 11) is -4.04. The maximum Gasteiger partial charge on any atom is 0.410 e. The van der Waals surface area contributed by atoms with Crippen LogP contribution in [0.2, 0.25) is 0 Å². The zero-order valence-electron chi connectivity index (χ0n) is 10.7. The lowest BCUT2D eigenvalue weighted by Gasteiger charge is -2.14. The van der Waals surface area contributed by atoms with Crippen molar-refractivity contribution in [3.05, 3.63) is 12.2 Å². The highest BCUT2D eigenvalue weighted by Crippen LogP contribution is 2.00. The lowest BCUT2D eigenvalue weighted by atomic mass is 10.4.